The molecule has 23 heavy (non-hydrogen) atoms. The quantitative estimate of drug-likeness (QED) is 0.406. The Labute approximate surface area is 145 Å². The zero-order chi connectivity index (χ0) is 16.7. The molecule has 2 heteroatoms. The SMILES string of the molecule is CCCCOc1cc(CC(C)C)ccc1-c1cccc(SC)c1. The van der Waals surface area contributed by atoms with Gasteiger partial charge >= 0.3 is 0 Å². The molecule has 0 amide bonds. The van der Waals surface area contributed by atoms with Crippen LogP contribution in [0.1, 0.15) is 39.2 Å². The minimum Gasteiger partial charge on any atom is -0.493 e. The molecule has 124 valence electrons. The van der Waals surface area contributed by atoms with Gasteiger partial charge in [-0.2, -0.15) is 0 Å². The van der Waals surface area contributed by atoms with Crippen LogP contribution < -0.4 is 4.74 Å². The zero-order valence-electron chi connectivity index (χ0n) is 14.8. The van der Waals surface area contributed by atoms with Crippen molar-refractivity contribution in [1.29, 1.82) is 0 Å². The van der Waals surface area contributed by atoms with Crippen LogP contribution in [0.5, 0.6) is 5.75 Å². The number of hydrogen-bond donors (Lipinski definition) is 0. The number of hydrogen-bond acceptors (Lipinski definition) is 2. The summed E-state index contributed by atoms with van der Waals surface area (Å²) in [5.41, 5.74) is 3.79. The third-order valence-corrected chi connectivity index (χ3v) is 4.55. The van der Waals surface area contributed by atoms with Gasteiger partial charge < -0.3 is 4.74 Å². The second-order valence-corrected chi connectivity index (χ2v) is 7.24. The minimum absolute atomic E-state index is 0.657. The van der Waals surface area contributed by atoms with Gasteiger partial charge in [0.15, 0.2) is 0 Å². The van der Waals surface area contributed by atoms with Crippen LogP contribution >= 0.6 is 11.8 Å². The van der Waals surface area contributed by atoms with Crippen LogP contribution in [0.15, 0.2) is 47.4 Å². The lowest BCUT2D eigenvalue weighted by molar-refractivity contribution is 0.310. The highest BCUT2D eigenvalue weighted by Gasteiger charge is 2.09. The second kappa shape index (κ2) is 9.02. The molecule has 0 saturated heterocycles. The van der Waals surface area contributed by atoms with Crippen LogP contribution in [0, 0.1) is 5.92 Å². The highest BCUT2D eigenvalue weighted by molar-refractivity contribution is 7.98. The van der Waals surface area contributed by atoms with Crippen molar-refractivity contribution in [2.75, 3.05) is 12.9 Å². The van der Waals surface area contributed by atoms with E-state index < -0.39 is 0 Å². The number of rotatable bonds is 8. The van der Waals surface area contributed by atoms with Crippen molar-refractivity contribution in [2.45, 2.75) is 44.9 Å². The largest absolute Gasteiger partial charge is 0.493 e. The Morgan fingerprint density at radius 2 is 1.91 bits per heavy atom. The summed E-state index contributed by atoms with van der Waals surface area (Å²) < 4.78 is 6.12. The summed E-state index contributed by atoms with van der Waals surface area (Å²) in [5, 5.41) is 0. The van der Waals surface area contributed by atoms with E-state index in [4.69, 9.17) is 4.74 Å². The molecule has 1 nitrogen and oxygen atoms in total. The normalized spacial score (nSPS) is 11.0. The number of unbranched alkanes of at least 4 members (excludes halogenated alkanes) is 1. The van der Waals surface area contributed by atoms with Gasteiger partial charge in [-0.05, 0) is 54.3 Å². The van der Waals surface area contributed by atoms with Gasteiger partial charge in [-0.15, -0.1) is 11.8 Å². The highest BCUT2D eigenvalue weighted by atomic mass is 32.2. The first-order chi connectivity index (χ1) is 11.1. The summed E-state index contributed by atoms with van der Waals surface area (Å²) in [5.74, 6) is 1.68. The van der Waals surface area contributed by atoms with Gasteiger partial charge in [0.1, 0.15) is 5.75 Å². The molecule has 0 aliphatic rings. The van der Waals surface area contributed by atoms with Gasteiger partial charge in [-0.3, -0.25) is 0 Å². The summed E-state index contributed by atoms with van der Waals surface area (Å²) in [7, 11) is 0. The lowest BCUT2D eigenvalue weighted by Crippen LogP contribution is -2.01. The molecule has 0 fully saturated rings. The van der Waals surface area contributed by atoms with Crippen LogP contribution in [0.2, 0.25) is 0 Å². The van der Waals surface area contributed by atoms with E-state index in [9.17, 15) is 0 Å². The smallest absolute Gasteiger partial charge is 0.127 e. The molecule has 0 spiro atoms. The molecule has 0 atom stereocenters. The molecular formula is C21H28OS. The molecule has 0 aliphatic heterocycles. The molecule has 0 saturated carbocycles. The minimum atomic E-state index is 0.657. The fraction of sp³-hybridized carbons (Fsp3) is 0.429. The topological polar surface area (TPSA) is 9.23 Å². The highest BCUT2D eigenvalue weighted by Crippen LogP contribution is 2.33. The van der Waals surface area contributed by atoms with Crippen molar-refractivity contribution in [3.63, 3.8) is 0 Å². The van der Waals surface area contributed by atoms with E-state index in [1.54, 1.807) is 11.8 Å². The van der Waals surface area contributed by atoms with E-state index in [1.165, 1.54) is 21.6 Å². The summed E-state index contributed by atoms with van der Waals surface area (Å²) in [6.07, 6.45) is 5.46. The fourth-order valence-corrected chi connectivity index (χ4v) is 3.10. The van der Waals surface area contributed by atoms with E-state index in [0.29, 0.717) is 5.92 Å². The molecule has 0 heterocycles. The van der Waals surface area contributed by atoms with Crippen LogP contribution in [0.25, 0.3) is 11.1 Å². The first kappa shape index (κ1) is 17.9. The van der Waals surface area contributed by atoms with Gasteiger partial charge in [0, 0.05) is 10.5 Å². The summed E-state index contributed by atoms with van der Waals surface area (Å²) in [6.45, 7) is 7.50. The van der Waals surface area contributed by atoms with E-state index in [0.717, 1.165) is 31.6 Å². The molecule has 2 aromatic carbocycles. The van der Waals surface area contributed by atoms with Crippen LogP contribution in [0.4, 0.5) is 0 Å². The second-order valence-electron chi connectivity index (χ2n) is 6.36. The molecule has 2 aromatic rings. The van der Waals surface area contributed by atoms with Gasteiger partial charge in [0.05, 0.1) is 6.61 Å². The van der Waals surface area contributed by atoms with Crippen molar-refractivity contribution in [2.24, 2.45) is 5.92 Å². The predicted octanol–water partition coefficient (Wildman–Crippen LogP) is 6.45. The average Bonchev–Trinajstić information content (AvgIpc) is 2.55. The maximum atomic E-state index is 6.12. The Kier molecular flexibility index (Phi) is 7.04. The first-order valence-electron chi connectivity index (χ1n) is 8.54. The van der Waals surface area contributed by atoms with Gasteiger partial charge in [-0.1, -0.05) is 51.5 Å². The summed E-state index contributed by atoms with van der Waals surface area (Å²) in [6, 6.07) is 15.4. The van der Waals surface area contributed by atoms with E-state index in [-0.39, 0.29) is 0 Å². The summed E-state index contributed by atoms with van der Waals surface area (Å²) in [4.78, 5) is 1.29. The van der Waals surface area contributed by atoms with Gasteiger partial charge in [0.2, 0.25) is 0 Å². The lowest BCUT2D eigenvalue weighted by atomic mass is 9.98. The van der Waals surface area contributed by atoms with Crippen molar-refractivity contribution in [1.82, 2.24) is 0 Å². The lowest BCUT2D eigenvalue weighted by Gasteiger charge is -2.15. The molecular weight excluding hydrogens is 300 g/mol. The van der Waals surface area contributed by atoms with Crippen LogP contribution in [-0.2, 0) is 6.42 Å². The molecule has 0 aliphatic carbocycles. The molecule has 0 N–H and O–H groups in total. The molecule has 0 unspecified atom stereocenters. The number of benzene rings is 2. The van der Waals surface area contributed by atoms with Crippen LogP contribution in [0.3, 0.4) is 0 Å². The molecule has 2 rings (SSSR count). The van der Waals surface area contributed by atoms with Gasteiger partial charge in [0.25, 0.3) is 0 Å². The standard InChI is InChI=1S/C21H28OS/c1-5-6-12-22-21-14-17(13-16(2)3)10-11-20(21)18-8-7-9-19(15-18)23-4/h7-11,14-16H,5-6,12-13H2,1-4H3. The zero-order valence-corrected chi connectivity index (χ0v) is 15.6. The van der Waals surface area contributed by atoms with Crippen molar-refractivity contribution in [3.05, 3.63) is 48.0 Å². The number of thioether (sulfide) groups is 1. The van der Waals surface area contributed by atoms with E-state index in [1.807, 2.05) is 0 Å². The Bertz CT molecular complexity index is 619. The van der Waals surface area contributed by atoms with Crippen molar-refractivity contribution in [3.8, 4) is 16.9 Å². The Morgan fingerprint density at radius 1 is 1.09 bits per heavy atom. The molecule has 0 bridgehead atoms. The molecule has 0 aromatic heterocycles. The summed E-state index contributed by atoms with van der Waals surface area (Å²) >= 11 is 1.78. The predicted molar refractivity (Wildman–Crippen MR) is 103 cm³/mol. The van der Waals surface area contributed by atoms with E-state index >= 15 is 0 Å². The third-order valence-electron chi connectivity index (χ3n) is 3.83. The first-order valence-corrected chi connectivity index (χ1v) is 9.76. The van der Waals surface area contributed by atoms with Crippen molar-refractivity contribution < 1.29 is 4.74 Å². The van der Waals surface area contributed by atoms with E-state index in [2.05, 4.69) is 69.5 Å². The van der Waals surface area contributed by atoms with Crippen LogP contribution in [-0.4, -0.2) is 12.9 Å². The third kappa shape index (κ3) is 5.31. The monoisotopic (exact) mass is 328 g/mol. The molecule has 0 radical (unpaired) electrons. The maximum absolute atomic E-state index is 6.12. The Morgan fingerprint density at radius 3 is 2.61 bits per heavy atom. The number of ether oxygens (including phenoxy) is 1. The van der Waals surface area contributed by atoms with Crippen molar-refractivity contribution >= 4 is 11.8 Å². The van der Waals surface area contributed by atoms with Gasteiger partial charge in [-0.25, -0.2) is 0 Å². The Hall–Kier alpha value is -1.41. The Balaban J connectivity index is 2.35. The average molecular weight is 329 g/mol. The maximum Gasteiger partial charge on any atom is 0.127 e. The fourth-order valence-electron chi connectivity index (χ4n) is 2.64.